The minimum atomic E-state index is -0.419. The summed E-state index contributed by atoms with van der Waals surface area (Å²) in [6.45, 7) is 4.72. The fourth-order valence-electron chi connectivity index (χ4n) is 10.2. The average molecular weight is 650 g/mol. The largest absolute Gasteiger partial charge is 0.393 e. The Bertz CT molecular complexity index is 1960. The summed E-state index contributed by atoms with van der Waals surface area (Å²) < 4.78 is 4.19. The number of nitrogens with one attached hydrogen (secondary N) is 1. The minimum absolute atomic E-state index is 0.0359. The highest BCUT2D eigenvalue weighted by atomic mass is 32.2. The maximum Gasteiger partial charge on any atom is 0.229 e. The number of aromatic amines is 1. The van der Waals surface area contributed by atoms with Crippen molar-refractivity contribution in [3.8, 4) is 5.95 Å². The van der Waals surface area contributed by atoms with Gasteiger partial charge in [-0.2, -0.15) is 5.10 Å². The van der Waals surface area contributed by atoms with Crippen LogP contribution in [0.15, 0.2) is 64.6 Å². The van der Waals surface area contributed by atoms with Crippen molar-refractivity contribution in [3.05, 3.63) is 71.6 Å². The second-order valence-electron chi connectivity index (χ2n) is 14.6. The van der Waals surface area contributed by atoms with E-state index in [4.69, 9.17) is 15.1 Å². The van der Waals surface area contributed by atoms with Gasteiger partial charge in [-0.05, 0) is 103 Å². The predicted octanol–water partition coefficient (Wildman–Crippen LogP) is 7.88. The first-order chi connectivity index (χ1) is 22.3. The Morgan fingerprint density at radius 2 is 1.91 bits per heavy atom. The van der Waals surface area contributed by atoms with Gasteiger partial charge in [-0.15, -0.1) is 11.3 Å². The third kappa shape index (κ3) is 4.34. The molecule has 3 aromatic heterocycles. The second kappa shape index (κ2) is 10.6. The summed E-state index contributed by atoms with van der Waals surface area (Å²) in [5.74, 6) is 3.02. The molecule has 0 amide bonds. The molecule has 7 atom stereocenters. The van der Waals surface area contributed by atoms with E-state index in [2.05, 4.69) is 31.0 Å². The number of allylic oxidation sites excluding steroid dienone is 1. The maximum absolute atomic E-state index is 13.8. The number of ketones is 1. The van der Waals surface area contributed by atoms with E-state index in [1.807, 2.05) is 53.3 Å². The van der Waals surface area contributed by atoms with Crippen LogP contribution in [-0.4, -0.2) is 47.5 Å². The Morgan fingerprint density at radius 3 is 2.76 bits per heavy atom. The number of Topliss-reactive ketones (excluding diaryl/α,β-unsaturated/α-hetero) is 1. The maximum atomic E-state index is 13.8. The number of carbonyl (C=O) groups excluding carboxylic acids is 1. The lowest BCUT2D eigenvalue weighted by Gasteiger charge is -2.59. The first kappa shape index (κ1) is 28.9. The Balaban J connectivity index is 0.932. The van der Waals surface area contributed by atoms with Crippen LogP contribution in [0.1, 0.15) is 63.6 Å². The molecule has 4 aliphatic carbocycles. The second-order valence-corrected chi connectivity index (χ2v) is 16.9. The monoisotopic (exact) mass is 649 g/mol. The van der Waals surface area contributed by atoms with Crippen molar-refractivity contribution < 1.29 is 9.90 Å². The number of thioether (sulfide) groups is 1. The molecule has 0 aliphatic heterocycles. The normalized spacial score (nSPS) is 31.7. The molecule has 0 spiro atoms. The summed E-state index contributed by atoms with van der Waals surface area (Å²) in [6.07, 6.45) is 10.2. The van der Waals surface area contributed by atoms with Gasteiger partial charge in [0.25, 0.3) is 0 Å². The Hall–Kier alpha value is -3.27. The van der Waals surface area contributed by atoms with Crippen molar-refractivity contribution in [3.63, 3.8) is 0 Å². The summed E-state index contributed by atoms with van der Waals surface area (Å²) in [4.78, 5) is 26.8. The zero-order chi connectivity index (χ0) is 31.2. The molecule has 0 saturated heterocycles. The predicted molar refractivity (Wildman–Crippen MR) is 184 cm³/mol. The van der Waals surface area contributed by atoms with Crippen LogP contribution in [0.3, 0.4) is 0 Å². The molecule has 5 aromatic rings. The highest BCUT2D eigenvalue weighted by Gasteiger charge is 2.63. The number of benzene rings is 2. The molecule has 2 N–H and O–H groups in total. The van der Waals surface area contributed by atoms with Gasteiger partial charge < -0.3 is 10.1 Å². The van der Waals surface area contributed by atoms with E-state index in [9.17, 15) is 9.90 Å². The van der Waals surface area contributed by atoms with E-state index in [0.717, 1.165) is 70.4 Å². The molecule has 4 aliphatic rings. The van der Waals surface area contributed by atoms with Crippen molar-refractivity contribution in [2.24, 2.45) is 34.5 Å². The molecule has 0 bridgehead atoms. The lowest BCUT2D eigenvalue weighted by Crippen LogP contribution is -2.57. The van der Waals surface area contributed by atoms with Gasteiger partial charge in [-0.25, -0.2) is 14.6 Å². The van der Waals surface area contributed by atoms with Crippen molar-refractivity contribution in [1.29, 1.82) is 0 Å². The lowest BCUT2D eigenvalue weighted by molar-refractivity contribution is -0.141. The van der Waals surface area contributed by atoms with Gasteiger partial charge in [0.2, 0.25) is 5.95 Å². The molecule has 3 saturated carbocycles. The van der Waals surface area contributed by atoms with Gasteiger partial charge in [0.1, 0.15) is 5.78 Å². The van der Waals surface area contributed by atoms with Crippen molar-refractivity contribution >= 4 is 56.2 Å². The van der Waals surface area contributed by atoms with Crippen LogP contribution < -0.4 is 0 Å². The first-order valence-electron chi connectivity index (χ1n) is 16.7. The van der Waals surface area contributed by atoms with Crippen molar-refractivity contribution in [2.75, 3.05) is 5.75 Å². The number of rotatable bonds is 6. The van der Waals surface area contributed by atoms with Gasteiger partial charge in [0.15, 0.2) is 4.34 Å². The fourth-order valence-corrected chi connectivity index (χ4v) is 12.3. The number of H-pyrrole nitrogens is 1. The van der Waals surface area contributed by atoms with Crippen LogP contribution >= 0.6 is 23.1 Å². The van der Waals surface area contributed by atoms with E-state index in [1.54, 1.807) is 23.1 Å². The molecular weight excluding hydrogens is 611 g/mol. The summed E-state index contributed by atoms with van der Waals surface area (Å²) in [7, 11) is 0. The summed E-state index contributed by atoms with van der Waals surface area (Å²) in [5.41, 5.74) is 6.48. The minimum Gasteiger partial charge on any atom is -0.393 e. The third-order valence-corrected chi connectivity index (χ3v) is 14.4. The van der Waals surface area contributed by atoms with E-state index >= 15 is 0 Å². The zero-order valence-electron chi connectivity index (χ0n) is 26.3. The third-order valence-electron chi connectivity index (χ3n) is 12.2. The summed E-state index contributed by atoms with van der Waals surface area (Å²) in [6, 6.07) is 16.3. The molecule has 9 heteroatoms. The Kier molecular flexibility index (Phi) is 6.68. The van der Waals surface area contributed by atoms with E-state index in [0.29, 0.717) is 30.5 Å². The van der Waals surface area contributed by atoms with Crippen LogP contribution in [0.2, 0.25) is 0 Å². The van der Waals surface area contributed by atoms with Gasteiger partial charge >= 0.3 is 0 Å². The van der Waals surface area contributed by atoms with Crippen LogP contribution in [0, 0.1) is 34.5 Å². The van der Waals surface area contributed by atoms with Gasteiger partial charge in [-0.3, -0.25) is 4.79 Å². The van der Waals surface area contributed by atoms with Crippen LogP contribution in [0.4, 0.5) is 0 Å². The highest BCUT2D eigenvalue weighted by Crippen LogP contribution is 2.66. The molecule has 9 rings (SSSR count). The summed E-state index contributed by atoms with van der Waals surface area (Å²) in [5, 5.41) is 16.8. The number of nitrogens with zero attached hydrogens (tertiary/aromatic N) is 4. The molecule has 3 heterocycles. The number of hydrogen-bond acceptors (Lipinski definition) is 7. The molecule has 46 heavy (non-hydrogen) atoms. The zero-order valence-corrected chi connectivity index (χ0v) is 27.9. The molecule has 236 valence electrons. The Morgan fingerprint density at radius 1 is 1.09 bits per heavy atom. The number of carbonyl (C=O) groups is 1. The lowest BCUT2D eigenvalue weighted by atomic mass is 9.46. The van der Waals surface area contributed by atoms with Gasteiger partial charge in [-0.1, -0.05) is 55.4 Å². The molecule has 7 unspecified atom stereocenters. The first-order valence-corrected chi connectivity index (χ1v) is 18.5. The molecule has 2 aromatic carbocycles. The Labute approximate surface area is 276 Å². The smallest absolute Gasteiger partial charge is 0.229 e. The van der Waals surface area contributed by atoms with Crippen LogP contribution in [-0.2, 0) is 11.2 Å². The number of imidazole rings is 1. The number of aliphatic hydroxyl groups excluding tert-OH is 1. The van der Waals surface area contributed by atoms with Crippen molar-refractivity contribution in [2.45, 2.75) is 69.2 Å². The van der Waals surface area contributed by atoms with Crippen molar-refractivity contribution in [1.82, 2.24) is 24.7 Å². The number of thiazole rings is 1. The van der Waals surface area contributed by atoms with Gasteiger partial charge in [0, 0.05) is 18.1 Å². The number of fused-ring (bicyclic) bond motifs is 8. The number of hydrogen-bond donors (Lipinski definition) is 2. The van der Waals surface area contributed by atoms with E-state index in [1.165, 1.54) is 15.8 Å². The summed E-state index contributed by atoms with van der Waals surface area (Å²) >= 11 is 3.42. The average Bonchev–Trinajstić information content (AvgIpc) is 3.82. The molecular formula is C37H39N5O2S2. The molecule has 3 fully saturated rings. The highest BCUT2D eigenvalue weighted by molar-refractivity contribution is 8.01. The number of aliphatic hydroxyl groups is 1. The van der Waals surface area contributed by atoms with E-state index < -0.39 is 6.10 Å². The van der Waals surface area contributed by atoms with Gasteiger partial charge in [0.05, 0.1) is 39.2 Å². The van der Waals surface area contributed by atoms with Crippen LogP contribution in [0.5, 0.6) is 0 Å². The quantitative estimate of drug-likeness (QED) is 0.182. The standard InChI is InChI=1S/C37H39N5O2S2/c1-36-18-21-20-38-42(34-39-26-7-3-4-8-27(26)40-34)29(21)17-22(36)11-12-23-24-13-14-25(37(24,2)19-31(44)33(23)36)30(43)15-16-45-35-41-28-9-5-6-10-32(28)46-35/h3-10,17,20,23-25,31,33,44H,11-16,18-19H2,1-2H3,(H,39,40). The number of aromatic nitrogens is 5. The number of para-hydroxylation sites is 3. The molecule has 7 nitrogen and oxygen atoms in total. The molecule has 0 radical (unpaired) electrons. The van der Waals surface area contributed by atoms with Crippen LogP contribution in [0.25, 0.3) is 33.3 Å². The van der Waals surface area contributed by atoms with E-state index in [-0.39, 0.29) is 22.7 Å². The topological polar surface area (TPSA) is 96.7 Å². The SMILES string of the molecule is CC12Cc3cnn(-c4nc5ccccc5[nH]4)c3C=C1CCC1C2C(O)CC2(C)C(C(=O)CCSc3nc4ccccc4s3)CCC12. The fraction of sp³-hybridized carbons (Fsp3) is 0.459.